The van der Waals surface area contributed by atoms with Gasteiger partial charge in [-0.05, 0) is 87.3 Å². The molecule has 8 nitrogen and oxygen atoms in total. The summed E-state index contributed by atoms with van der Waals surface area (Å²) in [6.07, 6.45) is 3.10. The maximum absolute atomic E-state index is 5.90. The van der Waals surface area contributed by atoms with Crippen molar-refractivity contribution >= 4 is 0 Å². The lowest BCUT2D eigenvalue weighted by Gasteiger charge is -2.15. The topological polar surface area (TPSA) is 141 Å². The minimum atomic E-state index is 0.540. The van der Waals surface area contributed by atoms with Crippen molar-refractivity contribution in [3.8, 4) is 34.1 Å². The van der Waals surface area contributed by atoms with Crippen molar-refractivity contribution in [3.63, 3.8) is 0 Å². The first kappa shape index (κ1) is 25.7. The number of rotatable bonds is 17. The van der Waals surface area contributed by atoms with E-state index in [1.165, 1.54) is 0 Å². The molecule has 0 unspecified atom stereocenters. The third-order valence-corrected chi connectivity index (χ3v) is 4.56. The van der Waals surface area contributed by atoms with Crippen molar-refractivity contribution in [1.82, 2.24) is 0 Å². The van der Waals surface area contributed by atoms with Gasteiger partial charge in [0.25, 0.3) is 0 Å². The summed E-state index contributed by atoms with van der Waals surface area (Å²) in [5, 5.41) is 0. The summed E-state index contributed by atoms with van der Waals surface area (Å²) in [6, 6.07) is 11.7. The number of hydrogen-bond donors (Lipinski definition) is 4. The van der Waals surface area contributed by atoms with Gasteiger partial charge < -0.3 is 41.9 Å². The lowest BCUT2D eigenvalue weighted by molar-refractivity contribution is 0.297. The molecule has 0 aromatic heterocycles. The van der Waals surface area contributed by atoms with Crippen molar-refractivity contribution in [2.75, 3.05) is 52.6 Å². The van der Waals surface area contributed by atoms with Crippen LogP contribution >= 0.6 is 0 Å². The van der Waals surface area contributed by atoms with E-state index in [0.717, 1.165) is 59.8 Å². The van der Waals surface area contributed by atoms with Crippen molar-refractivity contribution in [3.05, 3.63) is 36.4 Å². The van der Waals surface area contributed by atoms with Gasteiger partial charge in [-0.3, -0.25) is 0 Å². The summed E-state index contributed by atoms with van der Waals surface area (Å²) in [7, 11) is 0. The fourth-order valence-electron chi connectivity index (χ4n) is 2.90. The Morgan fingerprint density at radius 2 is 0.656 bits per heavy atom. The Bertz CT molecular complexity index is 667. The van der Waals surface area contributed by atoms with Crippen LogP contribution in [-0.4, -0.2) is 52.6 Å². The predicted molar refractivity (Wildman–Crippen MR) is 129 cm³/mol. The van der Waals surface area contributed by atoms with Crippen molar-refractivity contribution in [2.24, 2.45) is 22.9 Å². The lowest BCUT2D eigenvalue weighted by atomic mass is 10.0. The first-order valence-electron chi connectivity index (χ1n) is 11.3. The molecule has 0 atom stereocenters. The maximum atomic E-state index is 5.90. The van der Waals surface area contributed by atoms with Gasteiger partial charge in [-0.2, -0.15) is 0 Å². The van der Waals surface area contributed by atoms with Gasteiger partial charge in [0.2, 0.25) is 0 Å². The molecule has 2 rings (SSSR count). The third kappa shape index (κ3) is 9.32. The first-order valence-corrected chi connectivity index (χ1v) is 11.3. The van der Waals surface area contributed by atoms with Gasteiger partial charge in [0, 0.05) is 12.1 Å². The fraction of sp³-hybridized carbons (Fsp3) is 0.500. The van der Waals surface area contributed by atoms with Crippen molar-refractivity contribution in [1.29, 1.82) is 0 Å². The molecule has 0 fully saturated rings. The highest BCUT2D eigenvalue weighted by molar-refractivity contribution is 5.70. The van der Waals surface area contributed by atoms with Crippen molar-refractivity contribution < 1.29 is 18.9 Å². The minimum Gasteiger partial charge on any atom is -0.493 e. The molecule has 0 aliphatic carbocycles. The molecule has 0 heterocycles. The van der Waals surface area contributed by atoms with E-state index in [1.54, 1.807) is 0 Å². The highest BCUT2D eigenvalue weighted by Gasteiger charge is 2.10. The molecule has 0 amide bonds. The van der Waals surface area contributed by atoms with Crippen LogP contribution < -0.4 is 41.9 Å². The number of hydrogen-bond acceptors (Lipinski definition) is 8. The van der Waals surface area contributed by atoms with E-state index in [0.29, 0.717) is 52.6 Å². The zero-order chi connectivity index (χ0) is 23.0. The molecule has 2 aromatic rings. The van der Waals surface area contributed by atoms with E-state index in [4.69, 9.17) is 41.9 Å². The average Bonchev–Trinajstić information content (AvgIpc) is 2.80. The van der Waals surface area contributed by atoms with Gasteiger partial charge in [0.1, 0.15) is 23.0 Å². The summed E-state index contributed by atoms with van der Waals surface area (Å²) in [5.74, 6) is 2.88. The lowest BCUT2D eigenvalue weighted by Crippen LogP contribution is -2.08. The summed E-state index contributed by atoms with van der Waals surface area (Å²) in [5.41, 5.74) is 24.3. The Hall–Kier alpha value is -2.52. The zero-order valence-electron chi connectivity index (χ0n) is 18.9. The van der Waals surface area contributed by atoms with Gasteiger partial charge in [-0.25, -0.2) is 0 Å². The predicted octanol–water partition coefficient (Wildman–Crippen LogP) is 2.26. The number of benzene rings is 2. The Morgan fingerprint density at radius 3 is 0.875 bits per heavy atom. The van der Waals surface area contributed by atoms with E-state index in [-0.39, 0.29) is 0 Å². The average molecular weight is 447 g/mol. The molecule has 178 valence electrons. The van der Waals surface area contributed by atoms with Crippen LogP contribution in [0.5, 0.6) is 23.0 Å². The Morgan fingerprint density at radius 1 is 0.406 bits per heavy atom. The van der Waals surface area contributed by atoms with Crippen LogP contribution in [0.1, 0.15) is 25.7 Å². The standard InChI is InChI=1S/C24H38N4O4/c25-5-1-9-29-21-13-19(14-22(17-21)30-10-2-6-26)20-15-23(31-11-3-7-27)18-24(16-20)32-12-4-8-28/h13-18H,1-12,25-28H2. The second-order valence-electron chi connectivity index (χ2n) is 7.35. The van der Waals surface area contributed by atoms with E-state index in [2.05, 4.69) is 0 Å². The van der Waals surface area contributed by atoms with Crippen molar-refractivity contribution in [2.45, 2.75) is 25.7 Å². The molecule has 2 aromatic carbocycles. The van der Waals surface area contributed by atoms with Gasteiger partial charge in [0.05, 0.1) is 26.4 Å². The summed E-state index contributed by atoms with van der Waals surface area (Å²) in [4.78, 5) is 0. The van der Waals surface area contributed by atoms with E-state index in [9.17, 15) is 0 Å². The molecule has 32 heavy (non-hydrogen) atoms. The Kier molecular flexibility index (Phi) is 12.3. The molecule has 8 heteroatoms. The maximum Gasteiger partial charge on any atom is 0.123 e. The Balaban J connectivity index is 2.34. The summed E-state index contributed by atoms with van der Waals surface area (Å²) in [6.45, 7) is 4.46. The second-order valence-corrected chi connectivity index (χ2v) is 7.35. The molecule has 0 aliphatic rings. The van der Waals surface area contributed by atoms with Gasteiger partial charge in [0.15, 0.2) is 0 Å². The smallest absolute Gasteiger partial charge is 0.123 e. The van der Waals surface area contributed by atoms with Crippen LogP contribution in [0.25, 0.3) is 11.1 Å². The van der Waals surface area contributed by atoms with Gasteiger partial charge >= 0.3 is 0 Å². The SMILES string of the molecule is NCCCOc1cc(OCCCN)cc(-c2cc(OCCCN)cc(OCCCN)c2)c1. The number of nitrogens with two attached hydrogens (primary N) is 4. The monoisotopic (exact) mass is 446 g/mol. The molecule has 8 N–H and O–H groups in total. The molecule has 0 saturated carbocycles. The Labute approximate surface area is 191 Å². The first-order chi connectivity index (χ1) is 15.7. The molecular weight excluding hydrogens is 408 g/mol. The van der Waals surface area contributed by atoms with Crippen LogP contribution in [0.3, 0.4) is 0 Å². The highest BCUT2D eigenvalue weighted by atomic mass is 16.5. The second kappa shape index (κ2) is 15.3. The molecule has 0 spiro atoms. The quantitative estimate of drug-likeness (QED) is 0.271. The fourth-order valence-corrected chi connectivity index (χ4v) is 2.90. The normalized spacial score (nSPS) is 10.8. The van der Waals surface area contributed by atoms with E-state index < -0.39 is 0 Å². The van der Waals surface area contributed by atoms with Crippen LogP contribution in [0.2, 0.25) is 0 Å². The van der Waals surface area contributed by atoms with Crippen LogP contribution in [-0.2, 0) is 0 Å². The molecule has 0 saturated heterocycles. The summed E-state index contributed by atoms with van der Waals surface area (Å²) < 4.78 is 23.6. The van der Waals surface area contributed by atoms with Crippen LogP contribution in [0.4, 0.5) is 0 Å². The number of ether oxygens (including phenoxy) is 4. The largest absolute Gasteiger partial charge is 0.493 e. The molecular formula is C24H38N4O4. The zero-order valence-corrected chi connectivity index (χ0v) is 18.9. The highest BCUT2D eigenvalue weighted by Crippen LogP contribution is 2.35. The summed E-state index contributed by atoms with van der Waals surface area (Å²) >= 11 is 0. The molecule has 0 radical (unpaired) electrons. The van der Waals surface area contributed by atoms with Crippen LogP contribution in [0.15, 0.2) is 36.4 Å². The third-order valence-electron chi connectivity index (χ3n) is 4.56. The van der Waals surface area contributed by atoms with E-state index >= 15 is 0 Å². The van der Waals surface area contributed by atoms with E-state index in [1.807, 2.05) is 36.4 Å². The van der Waals surface area contributed by atoms with Crippen LogP contribution in [0, 0.1) is 0 Å². The van der Waals surface area contributed by atoms with Gasteiger partial charge in [-0.15, -0.1) is 0 Å². The van der Waals surface area contributed by atoms with Gasteiger partial charge in [-0.1, -0.05) is 0 Å². The molecule has 0 aliphatic heterocycles. The molecule has 0 bridgehead atoms. The minimum absolute atomic E-state index is 0.540.